The zero-order chi connectivity index (χ0) is 12.1. The quantitative estimate of drug-likeness (QED) is 0.535. The van der Waals surface area contributed by atoms with Crippen molar-refractivity contribution in [1.29, 1.82) is 0 Å². The van der Waals surface area contributed by atoms with E-state index in [1.165, 1.54) is 12.8 Å². The lowest BCUT2D eigenvalue weighted by molar-refractivity contribution is -0.138. The van der Waals surface area contributed by atoms with E-state index in [4.69, 9.17) is 4.74 Å². The van der Waals surface area contributed by atoms with E-state index in [1.54, 1.807) is 6.92 Å². The number of esters is 1. The van der Waals surface area contributed by atoms with E-state index in [0.29, 0.717) is 12.2 Å². The zero-order valence-electron chi connectivity index (χ0n) is 10.4. The standard InChI is InChI=1S/C14H20O2/c1-5-6-7-8-12-9-16-14(15)11(4)13(12)10(2)3/h8H,2,5-7,9H2,1,3-4H3/b12-8+. The van der Waals surface area contributed by atoms with E-state index >= 15 is 0 Å². The van der Waals surface area contributed by atoms with Gasteiger partial charge in [-0.1, -0.05) is 38.0 Å². The predicted octanol–water partition coefficient (Wildman–Crippen LogP) is 3.55. The number of hydrogen-bond donors (Lipinski definition) is 0. The summed E-state index contributed by atoms with van der Waals surface area (Å²) in [5, 5.41) is 0. The highest BCUT2D eigenvalue weighted by atomic mass is 16.5. The molecule has 0 saturated heterocycles. The van der Waals surface area contributed by atoms with E-state index in [2.05, 4.69) is 19.6 Å². The molecular formula is C14H20O2. The van der Waals surface area contributed by atoms with Gasteiger partial charge in [-0.2, -0.15) is 0 Å². The molecule has 0 unspecified atom stereocenters. The highest BCUT2D eigenvalue weighted by Gasteiger charge is 2.22. The number of ether oxygens (including phenoxy) is 1. The molecule has 0 radical (unpaired) electrons. The molecule has 0 aromatic carbocycles. The third-order valence-corrected chi connectivity index (χ3v) is 2.74. The van der Waals surface area contributed by atoms with E-state index in [-0.39, 0.29) is 5.97 Å². The average molecular weight is 220 g/mol. The second-order valence-electron chi connectivity index (χ2n) is 4.23. The normalized spacial score (nSPS) is 18.9. The summed E-state index contributed by atoms with van der Waals surface area (Å²) in [5.41, 5.74) is 3.73. The molecule has 2 nitrogen and oxygen atoms in total. The van der Waals surface area contributed by atoms with Gasteiger partial charge >= 0.3 is 5.97 Å². The summed E-state index contributed by atoms with van der Waals surface area (Å²) in [4.78, 5) is 11.4. The Balaban J connectivity index is 2.97. The third kappa shape index (κ3) is 2.84. The molecule has 1 aliphatic heterocycles. The summed E-state index contributed by atoms with van der Waals surface area (Å²) in [5.74, 6) is -0.217. The summed E-state index contributed by atoms with van der Waals surface area (Å²) in [6.07, 6.45) is 5.55. The van der Waals surface area contributed by atoms with Gasteiger partial charge in [-0.25, -0.2) is 4.79 Å². The van der Waals surface area contributed by atoms with Crippen LogP contribution in [0.1, 0.15) is 40.0 Å². The smallest absolute Gasteiger partial charge is 0.334 e. The van der Waals surface area contributed by atoms with Crippen LogP contribution in [0.4, 0.5) is 0 Å². The van der Waals surface area contributed by atoms with Crippen LogP contribution in [-0.4, -0.2) is 12.6 Å². The van der Waals surface area contributed by atoms with Gasteiger partial charge < -0.3 is 4.74 Å². The van der Waals surface area contributed by atoms with E-state index < -0.39 is 0 Å². The first-order chi connectivity index (χ1) is 7.57. The number of allylic oxidation sites excluding steroid dienone is 2. The molecule has 1 rings (SSSR count). The molecular weight excluding hydrogens is 200 g/mol. The van der Waals surface area contributed by atoms with Crippen LogP contribution in [0.2, 0.25) is 0 Å². The van der Waals surface area contributed by atoms with Gasteiger partial charge in [-0.15, -0.1) is 0 Å². The van der Waals surface area contributed by atoms with Crippen molar-refractivity contribution in [1.82, 2.24) is 0 Å². The van der Waals surface area contributed by atoms with Gasteiger partial charge in [0.2, 0.25) is 0 Å². The third-order valence-electron chi connectivity index (χ3n) is 2.74. The van der Waals surface area contributed by atoms with Crippen LogP contribution in [0.25, 0.3) is 0 Å². The highest BCUT2D eigenvalue weighted by Crippen LogP contribution is 2.27. The van der Waals surface area contributed by atoms with Gasteiger partial charge in [0, 0.05) is 5.57 Å². The van der Waals surface area contributed by atoms with Crippen LogP contribution >= 0.6 is 0 Å². The summed E-state index contributed by atoms with van der Waals surface area (Å²) in [6.45, 7) is 10.2. The lowest BCUT2D eigenvalue weighted by Crippen LogP contribution is -2.19. The Labute approximate surface area is 97.7 Å². The number of unbranched alkanes of at least 4 members (excludes halogenated alkanes) is 2. The number of carbonyl (C=O) groups excluding carboxylic acids is 1. The first-order valence-electron chi connectivity index (χ1n) is 5.81. The molecule has 0 atom stereocenters. The molecule has 0 saturated carbocycles. The fraction of sp³-hybridized carbons (Fsp3) is 0.500. The lowest BCUT2D eigenvalue weighted by atomic mass is 9.92. The Bertz CT molecular complexity index is 359. The molecule has 0 aromatic rings. The lowest BCUT2D eigenvalue weighted by Gasteiger charge is -2.21. The minimum absolute atomic E-state index is 0.217. The van der Waals surface area contributed by atoms with Crippen molar-refractivity contribution in [3.63, 3.8) is 0 Å². The molecule has 16 heavy (non-hydrogen) atoms. The molecule has 2 heteroatoms. The topological polar surface area (TPSA) is 26.3 Å². The molecule has 0 amide bonds. The van der Waals surface area contributed by atoms with Crippen molar-refractivity contribution in [3.05, 3.63) is 34.9 Å². The highest BCUT2D eigenvalue weighted by molar-refractivity contribution is 5.92. The minimum Gasteiger partial charge on any atom is -0.457 e. The summed E-state index contributed by atoms with van der Waals surface area (Å²) in [6, 6.07) is 0. The molecule has 0 aromatic heterocycles. The van der Waals surface area contributed by atoms with E-state index in [1.807, 2.05) is 6.92 Å². The van der Waals surface area contributed by atoms with Gasteiger partial charge in [0.05, 0.1) is 0 Å². The van der Waals surface area contributed by atoms with Crippen molar-refractivity contribution in [2.24, 2.45) is 0 Å². The largest absolute Gasteiger partial charge is 0.457 e. The SMILES string of the molecule is C=C(C)C1=C(C)C(=O)OC/C1=C\CCCC. The maximum atomic E-state index is 11.4. The average Bonchev–Trinajstić information content (AvgIpc) is 2.23. The van der Waals surface area contributed by atoms with E-state index in [9.17, 15) is 4.79 Å². The number of hydrogen-bond acceptors (Lipinski definition) is 2. The Morgan fingerprint density at radius 3 is 2.81 bits per heavy atom. The number of carbonyl (C=O) groups is 1. The maximum absolute atomic E-state index is 11.4. The fourth-order valence-corrected chi connectivity index (χ4v) is 1.90. The first kappa shape index (κ1) is 12.8. The maximum Gasteiger partial charge on any atom is 0.334 e. The molecule has 0 spiro atoms. The molecule has 0 N–H and O–H groups in total. The summed E-state index contributed by atoms with van der Waals surface area (Å²) < 4.78 is 5.11. The van der Waals surface area contributed by atoms with Gasteiger partial charge in [0.15, 0.2) is 0 Å². The number of rotatable bonds is 4. The van der Waals surface area contributed by atoms with Gasteiger partial charge in [-0.3, -0.25) is 0 Å². The molecule has 0 bridgehead atoms. The number of cyclic esters (lactones) is 1. The Morgan fingerprint density at radius 2 is 2.25 bits per heavy atom. The second-order valence-corrected chi connectivity index (χ2v) is 4.23. The Hall–Kier alpha value is -1.31. The van der Waals surface area contributed by atoms with Crippen LogP contribution in [-0.2, 0) is 9.53 Å². The van der Waals surface area contributed by atoms with E-state index in [0.717, 1.165) is 23.1 Å². The first-order valence-corrected chi connectivity index (χ1v) is 5.81. The van der Waals surface area contributed by atoms with Crippen LogP contribution in [0.15, 0.2) is 34.9 Å². The van der Waals surface area contributed by atoms with Crippen molar-refractivity contribution in [2.75, 3.05) is 6.61 Å². The molecule has 88 valence electrons. The van der Waals surface area contributed by atoms with Gasteiger partial charge in [0.1, 0.15) is 6.61 Å². The fourth-order valence-electron chi connectivity index (χ4n) is 1.90. The molecule has 0 aliphatic carbocycles. The second kappa shape index (κ2) is 5.69. The predicted molar refractivity (Wildman–Crippen MR) is 66.1 cm³/mol. The van der Waals surface area contributed by atoms with Gasteiger partial charge in [0.25, 0.3) is 0 Å². The monoisotopic (exact) mass is 220 g/mol. The molecule has 1 aliphatic rings. The van der Waals surface area contributed by atoms with Crippen LogP contribution in [0, 0.1) is 0 Å². The zero-order valence-corrected chi connectivity index (χ0v) is 10.4. The molecule has 0 fully saturated rings. The van der Waals surface area contributed by atoms with Crippen molar-refractivity contribution >= 4 is 5.97 Å². The Morgan fingerprint density at radius 1 is 1.56 bits per heavy atom. The van der Waals surface area contributed by atoms with Crippen molar-refractivity contribution in [2.45, 2.75) is 40.0 Å². The van der Waals surface area contributed by atoms with Crippen LogP contribution < -0.4 is 0 Å². The van der Waals surface area contributed by atoms with Crippen molar-refractivity contribution < 1.29 is 9.53 Å². The Kier molecular flexibility index (Phi) is 4.53. The van der Waals surface area contributed by atoms with Crippen LogP contribution in [0.5, 0.6) is 0 Å². The minimum atomic E-state index is -0.217. The van der Waals surface area contributed by atoms with Crippen LogP contribution in [0.3, 0.4) is 0 Å². The summed E-state index contributed by atoms with van der Waals surface area (Å²) >= 11 is 0. The van der Waals surface area contributed by atoms with Gasteiger partial charge in [-0.05, 0) is 31.4 Å². The molecule has 1 heterocycles. The van der Waals surface area contributed by atoms with Crippen molar-refractivity contribution in [3.8, 4) is 0 Å². The summed E-state index contributed by atoms with van der Waals surface area (Å²) in [7, 11) is 0.